The number of hydrogen-bond donors (Lipinski definition) is 1. The Hall–Kier alpha value is -3.54. The SMILES string of the molecule is CCc1cn(S(=O)(=O)c2ccc(C)cc2)c2ncc3c(-c4ccc(S(N)(=O)=O)cc4)nn(C)c3c12. The second-order valence-electron chi connectivity index (χ2n) is 8.38. The van der Waals surface area contributed by atoms with Crippen molar-refractivity contribution >= 4 is 42.0 Å². The average molecular weight is 510 g/mol. The Morgan fingerprint density at radius 1 is 0.943 bits per heavy atom. The number of hydrogen-bond acceptors (Lipinski definition) is 6. The molecule has 3 heterocycles. The van der Waals surface area contributed by atoms with Crippen molar-refractivity contribution in [1.29, 1.82) is 0 Å². The Kier molecular flexibility index (Phi) is 5.31. The van der Waals surface area contributed by atoms with E-state index >= 15 is 0 Å². The maximum atomic E-state index is 13.5. The van der Waals surface area contributed by atoms with Gasteiger partial charge in [-0.1, -0.05) is 36.8 Å². The molecule has 2 aromatic carbocycles. The Bertz CT molecular complexity index is 1820. The van der Waals surface area contributed by atoms with Crippen LogP contribution < -0.4 is 5.14 Å². The fourth-order valence-corrected chi connectivity index (χ4v) is 6.13. The first-order valence-corrected chi connectivity index (χ1v) is 13.8. The van der Waals surface area contributed by atoms with Crippen LogP contribution in [0.1, 0.15) is 18.1 Å². The molecule has 0 radical (unpaired) electrons. The van der Waals surface area contributed by atoms with Crippen molar-refractivity contribution in [3.8, 4) is 11.3 Å². The first kappa shape index (κ1) is 23.2. The monoisotopic (exact) mass is 509 g/mol. The van der Waals surface area contributed by atoms with Gasteiger partial charge in [-0.25, -0.2) is 30.9 Å². The lowest BCUT2D eigenvalue weighted by molar-refractivity contribution is 0.588. The van der Waals surface area contributed by atoms with Gasteiger partial charge in [-0.2, -0.15) is 5.10 Å². The van der Waals surface area contributed by atoms with Crippen LogP contribution in [0.25, 0.3) is 33.2 Å². The number of fused-ring (bicyclic) bond motifs is 3. The zero-order valence-corrected chi connectivity index (χ0v) is 20.9. The third kappa shape index (κ3) is 3.72. The van der Waals surface area contributed by atoms with Crippen molar-refractivity contribution in [3.05, 3.63) is 72.1 Å². The van der Waals surface area contributed by atoms with Crippen LogP contribution in [0.3, 0.4) is 0 Å². The Labute approximate surface area is 202 Å². The molecule has 0 atom stereocenters. The van der Waals surface area contributed by atoms with E-state index in [2.05, 4.69) is 10.1 Å². The topological polar surface area (TPSA) is 130 Å². The molecule has 0 amide bonds. The molecule has 35 heavy (non-hydrogen) atoms. The van der Waals surface area contributed by atoms with Crippen molar-refractivity contribution in [2.45, 2.75) is 30.1 Å². The number of aromatic nitrogens is 4. The van der Waals surface area contributed by atoms with E-state index in [1.165, 1.54) is 16.1 Å². The summed E-state index contributed by atoms with van der Waals surface area (Å²) in [6.07, 6.45) is 3.82. The van der Waals surface area contributed by atoms with Crippen LogP contribution in [0.5, 0.6) is 0 Å². The molecule has 0 unspecified atom stereocenters. The number of rotatable bonds is 5. The van der Waals surface area contributed by atoms with Gasteiger partial charge in [0.2, 0.25) is 10.0 Å². The highest BCUT2D eigenvalue weighted by Crippen LogP contribution is 2.35. The van der Waals surface area contributed by atoms with Crippen LogP contribution >= 0.6 is 0 Å². The molecule has 0 aliphatic carbocycles. The molecule has 0 bridgehead atoms. The molecule has 9 nitrogen and oxygen atoms in total. The largest absolute Gasteiger partial charge is 0.269 e. The minimum absolute atomic E-state index is 0.00802. The maximum Gasteiger partial charge on any atom is 0.269 e. The number of sulfonamides is 1. The first-order valence-electron chi connectivity index (χ1n) is 10.8. The van der Waals surface area contributed by atoms with Gasteiger partial charge in [0.15, 0.2) is 5.65 Å². The van der Waals surface area contributed by atoms with E-state index in [-0.39, 0.29) is 9.79 Å². The zero-order chi connectivity index (χ0) is 25.1. The summed E-state index contributed by atoms with van der Waals surface area (Å²) >= 11 is 0. The Morgan fingerprint density at radius 2 is 1.57 bits per heavy atom. The molecule has 0 saturated heterocycles. The fourth-order valence-electron chi connectivity index (χ4n) is 4.28. The van der Waals surface area contributed by atoms with Crippen LogP contribution in [0.2, 0.25) is 0 Å². The van der Waals surface area contributed by atoms with Gasteiger partial charge < -0.3 is 0 Å². The van der Waals surface area contributed by atoms with Crippen LogP contribution in [-0.4, -0.2) is 35.6 Å². The van der Waals surface area contributed by atoms with Gasteiger partial charge in [0.05, 0.1) is 15.3 Å². The van der Waals surface area contributed by atoms with E-state index in [9.17, 15) is 16.8 Å². The summed E-state index contributed by atoms with van der Waals surface area (Å²) in [6, 6.07) is 12.8. The second kappa shape index (κ2) is 8.01. The van der Waals surface area contributed by atoms with Gasteiger partial charge in [0, 0.05) is 35.8 Å². The molecule has 0 saturated carbocycles. The average Bonchev–Trinajstić information content (AvgIpc) is 3.37. The van der Waals surface area contributed by atoms with E-state index in [0.29, 0.717) is 28.7 Å². The summed E-state index contributed by atoms with van der Waals surface area (Å²) in [5.74, 6) is 0. The maximum absolute atomic E-state index is 13.5. The molecular formula is C24H23N5O4S2. The molecule has 5 aromatic rings. The van der Waals surface area contributed by atoms with Gasteiger partial charge in [-0.3, -0.25) is 4.68 Å². The van der Waals surface area contributed by atoms with Crippen LogP contribution in [-0.2, 0) is 33.5 Å². The number of benzene rings is 2. The molecule has 0 spiro atoms. The highest BCUT2D eigenvalue weighted by Gasteiger charge is 2.25. The van der Waals surface area contributed by atoms with Crippen molar-refractivity contribution in [2.75, 3.05) is 0 Å². The molecule has 0 aliphatic rings. The van der Waals surface area contributed by atoms with Gasteiger partial charge in [-0.05, 0) is 43.2 Å². The minimum Gasteiger partial charge on any atom is -0.266 e. The fraction of sp³-hybridized carbons (Fsp3) is 0.167. The molecule has 5 rings (SSSR count). The van der Waals surface area contributed by atoms with E-state index in [1.807, 2.05) is 13.8 Å². The van der Waals surface area contributed by atoms with Crippen LogP contribution in [0, 0.1) is 6.92 Å². The highest BCUT2D eigenvalue weighted by atomic mass is 32.2. The Balaban J connectivity index is 1.75. The van der Waals surface area contributed by atoms with Crippen LogP contribution in [0.4, 0.5) is 0 Å². The normalized spacial score (nSPS) is 12.6. The summed E-state index contributed by atoms with van der Waals surface area (Å²) in [6.45, 7) is 3.86. The van der Waals surface area contributed by atoms with E-state index in [0.717, 1.165) is 22.0 Å². The first-order chi connectivity index (χ1) is 16.5. The second-order valence-corrected chi connectivity index (χ2v) is 11.8. The molecule has 0 fully saturated rings. The molecule has 180 valence electrons. The third-order valence-corrected chi connectivity index (χ3v) is 8.67. The van der Waals surface area contributed by atoms with E-state index in [1.54, 1.807) is 60.5 Å². The lowest BCUT2D eigenvalue weighted by atomic mass is 10.1. The van der Waals surface area contributed by atoms with Crippen LogP contribution in [0.15, 0.2) is 70.7 Å². The number of pyridine rings is 1. The van der Waals surface area contributed by atoms with Gasteiger partial charge in [0.25, 0.3) is 10.0 Å². The quantitative estimate of drug-likeness (QED) is 0.387. The van der Waals surface area contributed by atoms with E-state index in [4.69, 9.17) is 5.14 Å². The number of aryl methyl sites for hydroxylation is 3. The summed E-state index contributed by atoms with van der Waals surface area (Å²) in [5, 5.41) is 11.3. The van der Waals surface area contributed by atoms with Crippen molar-refractivity contribution in [2.24, 2.45) is 12.2 Å². The molecule has 0 aliphatic heterocycles. The third-order valence-electron chi connectivity index (χ3n) is 6.08. The molecule has 3 aromatic heterocycles. The molecule has 2 N–H and O–H groups in total. The molecule has 11 heteroatoms. The van der Waals surface area contributed by atoms with Crippen molar-refractivity contribution in [3.63, 3.8) is 0 Å². The minimum atomic E-state index is -3.86. The van der Waals surface area contributed by atoms with Gasteiger partial charge >= 0.3 is 0 Å². The lowest BCUT2D eigenvalue weighted by Gasteiger charge is -2.07. The summed E-state index contributed by atoms with van der Waals surface area (Å²) in [7, 11) is -5.89. The predicted molar refractivity (Wildman–Crippen MR) is 134 cm³/mol. The lowest BCUT2D eigenvalue weighted by Crippen LogP contribution is -2.12. The van der Waals surface area contributed by atoms with E-state index < -0.39 is 20.0 Å². The molecular weight excluding hydrogens is 486 g/mol. The summed E-state index contributed by atoms with van der Waals surface area (Å²) < 4.78 is 53.1. The smallest absolute Gasteiger partial charge is 0.266 e. The zero-order valence-electron chi connectivity index (χ0n) is 19.3. The summed E-state index contributed by atoms with van der Waals surface area (Å²) in [4.78, 5) is 4.75. The van der Waals surface area contributed by atoms with Gasteiger partial charge in [-0.15, -0.1) is 0 Å². The predicted octanol–water partition coefficient (Wildman–Crippen LogP) is 3.35. The highest BCUT2D eigenvalue weighted by molar-refractivity contribution is 7.90. The number of primary sulfonamides is 1. The Morgan fingerprint density at radius 3 is 2.17 bits per heavy atom. The van der Waals surface area contributed by atoms with Crippen molar-refractivity contribution in [1.82, 2.24) is 18.7 Å². The van der Waals surface area contributed by atoms with Crippen molar-refractivity contribution < 1.29 is 16.8 Å². The summed E-state index contributed by atoms with van der Waals surface area (Å²) in [5.41, 5.74) is 4.16. The standard InChI is InChI=1S/C24H23N5O4S2/c1-4-16-14-29(35(32,33)19-9-5-15(2)6-10-19)24-21(16)23-20(13-26-24)22(27-28(23)3)17-7-11-18(12-8-17)34(25,30)31/h5-14H,4H2,1-3H3,(H2,25,30,31). The number of nitrogens with zero attached hydrogens (tertiary/aromatic N) is 4. The van der Waals surface area contributed by atoms with Gasteiger partial charge in [0.1, 0.15) is 5.69 Å². The number of nitrogens with two attached hydrogens (primary N) is 1.